The maximum absolute atomic E-state index is 14.0. The van der Waals surface area contributed by atoms with E-state index in [2.05, 4.69) is 32.0 Å². The van der Waals surface area contributed by atoms with Crippen molar-refractivity contribution in [2.24, 2.45) is 5.41 Å². The van der Waals surface area contributed by atoms with Crippen molar-refractivity contribution in [2.45, 2.75) is 70.4 Å². The maximum atomic E-state index is 14.0. The number of benzene rings is 3. The molecule has 5 N–H and O–H groups in total. The number of hydrogen-bond acceptors (Lipinski definition) is 7. The van der Waals surface area contributed by atoms with Gasteiger partial charge in [-0.05, 0) is 39.8 Å². The molecule has 0 radical (unpaired) electrons. The van der Waals surface area contributed by atoms with Gasteiger partial charge in [-0.2, -0.15) is 0 Å². The van der Waals surface area contributed by atoms with E-state index >= 15 is 0 Å². The van der Waals surface area contributed by atoms with Crippen molar-refractivity contribution in [1.82, 2.24) is 21.1 Å². The number of ether oxygens (including phenoxy) is 1. The Morgan fingerprint density at radius 3 is 2.28 bits per heavy atom. The van der Waals surface area contributed by atoms with Gasteiger partial charge in [0.2, 0.25) is 0 Å². The molecule has 0 fully saturated rings. The van der Waals surface area contributed by atoms with Gasteiger partial charge in [-0.15, -0.1) is 0 Å². The Kier molecular flexibility index (Phi) is 11.6. The summed E-state index contributed by atoms with van der Waals surface area (Å²) in [6.07, 6.45) is -1.20. The van der Waals surface area contributed by atoms with Gasteiger partial charge in [-0.1, -0.05) is 103 Å². The number of rotatable bonds is 12. The third-order valence-corrected chi connectivity index (χ3v) is 8.71. The van der Waals surface area contributed by atoms with Gasteiger partial charge < -0.3 is 25.6 Å². The fourth-order valence-corrected chi connectivity index (χ4v) is 5.88. The maximum Gasteiger partial charge on any atom is 0.407 e. The van der Waals surface area contributed by atoms with Crippen molar-refractivity contribution in [3.63, 3.8) is 0 Å². The van der Waals surface area contributed by atoms with E-state index in [0.29, 0.717) is 6.42 Å². The van der Waals surface area contributed by atoms with Gasteiger partial charge in [0, 0.05) is 36.8 Å². The van der Waals surface area contributed by atoms with Crippen LogP contribution in [0, 0.1) is 5.41 Å². The number of methoxy groups -OCH3 is 1. The second-order valence-corrected chi connectivity index (χ2v) is 13.7. The Labute approximate surface area is 278 Å². The Morgan fingerprint density at radius 2 is 1.63 bits per heavy atom. The normalized spacial score (nSPS) is 17.8. The van der Waals surface area contributed by atoms with Crippen molar-refractivity contribution in [3.8, 4) is 0 Å². The highest BCUT2D eigenvalue weighted by molar-refractivity contribution is 9.10. The standard InChI is InChI=1S/C35H43BrN4O6/c1-34(2,3)30(38-33(44)46-4)31(42)39-40(22-24-14-16-26(36)17-15-24)19-18-35(45,21-23-10-6-5-7-11-23)32(43)37-29-27-13-9-8-12-25(27)20-28(29)41/h5-17,28-30,41,45H,18-22H2,1-4H3,(H,37,43)(H,38,44)(H,39,42)/t28-,29?,30?,35-/m1/s1. The van der Waals surface area contributed by atoms with Crippen molar-refractivity contribution < 1.29 is 29.3 Å². The number of halogens is 1. The lowest BCUT2D eigenvalue weighted by molar-refractivity contribution is -0.143. The molecule has 4 atom stereocenters. The number of carbonyl (C=O) groups is 3. The quantitative estimate of drug-likeness (QED) is 0.179. The first-order valence-corrected chi connectivity index (χ1v) is 16.1. The Morgan fingerprint density at radius 1 is 0.978 bits per heavy atom. The molecule has 0 aromatic heterocycles. The summed E-state index contributed by atoms with van der Waals surface area (Å²) in [5.41, 5.74) is 3.76. The number of aliphatic hydroxyl groups excluding tert-OH is 1. The van der Waals surface area contributed by atoms with Gasteiger partial charge >= 0.3 is 6.09 Å². The number of hydrogen-bond donors (Lipinski definition) is 5. The molecule has 1 aliphatic carbocycles. The lowest BCUT2D eigenvalue weighted by Gasteiger charge is -2.35. The SMILES string of the molecule is COC(=O)NC(C(=O)NN(CC[C@@](O)(Cc1ccccc1)C(=O)NC1c2ccccc2C[C@H]1O)Cc1ccc(Br)cc1)C(C)(C)C. The van der Waals surface area contributed by atoms with Gasteiger partial charge in [0.15, 0.2) is 0 Å². The molecule has 11 heteroatoms. The fraction of sp³-hybridized carbons (Fsp3) is 0.400. The summed E-state index contributed by atoms with van der Waals surface area (Å²) in [7, 11) is 1.23. The van der Waals surface area contributed by atoms with Crippen LogP contribution in [0.5, 0.6) is 0 Å². The Hall–Kier alpha value is -3.77. The summed E-state index contributed by atoms with van der Waals surface area (Å²) in [4.78, 5) is 39.7. The third-order valence-electron chi connectivity index (χ3n) is 8.18. The first kappa shape index (κ1) is 35.1. The van der Waals surface area contributed by atoms with Crippen molar-refractivity contribution in [1.29, 1.82) is 0 Å². The number of carbonyl (C=O) groups excluding carboxylic acids is 3. The van der Waals surface area contributed by atoms with Crippen molar-refractivity contribution >= 4 is 33.8 Å². The van der Waals surface area contributed by atoms with E-state index in [1.807, 2.05) is 99.6 Å². The molecule has 246 valence electrons. The van der Waals surface area contributed by atoms with Crippen LogP contribution in [0.4, 0.5) is 4.79 Å². The van der Waals surface area contributed by atoms with Gasteiger partial charge in [0.05, 0.1) is 19.3 Å². The molecule has 0 saturated heterocycles. The van der Waals surface area contributed by atoms with Crippen LogP contribution in [0.25, 0.3) is 0 Å². The van der Waals surface area contributed by atoms with Crippen LogP contribution in [0.15, 0.2) is 83.3 Å². The number of nitrogens with one attached hydrogen (secondary N) is 3. The highest BCUT2D eigenvalue weighted by Gasteiger charge is 2.41. The van der Waals surface area contributed by atoms with Gasteiger partial charge in [0.1, 0.15) is 11.6 Å². The zero-order valence-corrected chi connectivity index (χ0v) is 28.2. The minimum Gasteiger partial charge on any atom is -0.453 e. The average Bonchev–Trinajstić information content (AvgIpc) is 3.33. The number of amides is 3. The zero-order valence-electron chi connectivity index (χ0n) is 26.6. The van der Waals surface area contributed by atoms with Gasteiger partial charge in [0.25, 0.3) is 11.8 Å². The molecule has 3 amide bonds. The molecule has 46 heavy (non-hydrogen) atoms. The van der Waals surface area contributed by atoms with Crippen LogP contribution >= 0.6 is 15.9 Å². The van der Waals surface area contributed by atoms with Crippen molar-refractivity contribution in [3.05, 3.63) is 106 Å². The zero-order chi connectivity index (χ0) is 33.5. The topological polar surface area (TPSA) is 140 Å². The third kappa shape index (κ3) is 9.16. The molecule has 0 bridgehead atoms. The fourth-order valence-electron chi connectivity index (χ4n) is 5.62. The monoisotopic (exact) mass is 694 g/mol. The molecule has 10 nitrogen and oxygen atoms in total. The summed E-state index contributed by atoms with van der Waals surface area (Å²) in [5.74, 6) is -1.09. The largest absolute Gasteiger partial charge is 0.453 e. The van der Waals surface area contributed by atoms with E-state index in [0.717, 1.165) is 26.7 Å². The van der Waals surface area contributed by atoms with Crippen LogP contribution in [-0.4, -0.2) is 64.5 Å². The predicted octanol–water partition coefficient (Wildman–Crippen LogP) is 4.19. The van der Waals surface area contributed by atoms with Crippen LogP contribution in [0.3, 0.4) is 0 Å². The van der Waals surface area contributed by atoms with Gasteiger partial charge in [-0.3, -0.25) is 15.0 Å². The Bertz CT molecular complexity index is 1500. The molecule has 4 rings (SSSR count). The highest BCUT2D eigenvalue weighted by Crippen LogP contribution is 2.32. The molecule has 2 unspecified atom stereocenters. The number of fused-ring (bicyclic) bond motifs is 1. The molecule has 1 aliphatic rings. The number of aliphatic hydroxyl groups is 2. The van der Waals surface area contributed by atoms with Crippen molar-refractivity contribution in [2.75, 3.05) is 13.7 Å². The van der Waals surface area contributed by atoms with Gasteiger partial charge in [-0.25, -0.2) is 9.80 Å². The minimum absolute atomic E-state index is 0.0126. The molecule has 0 heterocycles. The first-order chi connectivity index (χ1) is 21.8. The predicted molar refractivity (Wildman–Crippen MR) is 178 cm³/mol. The second-order valence-electron chi connectivity index (χ2n) is 12.8. The molecular weight excluding hydrogens is 652 g/mol. The summed E-state index contributed by atoms with van der Waals surface area (Å²) in [6, 6.07) is 22.7. The van der Waals surface area contributed by atoms with Crippen LogP contribution in [0.1, 0.15) is 55.5 Å². The molecule has 3 aromatic carbocycles. The Balaban J connectivity index is 1.60. The summed E-state index contributed by atoms with van der Waals surface area (Å²) < 4.78 is 5.65. The molecule has 3 aromatic rings. The number of nitrogens with zero attached hydrogens (tertiary/aromatic N) is 1. The first-order valence-electron chi connectivity index (χ1n) is 15.3. The van der Waals surface area contributed by atoms with E-state index < -0.39 is 47.1 Å². The lowest BCUT2D eigenvalue weighted by atomic mass is 9.86. The molecule has 0 aliphatic heterocycles. The number of alkyl carbamates (subject to hydrolysis) is 1. The second kappa shape index (κ2) is 15.2. The van der Waals surface area contributed by atoms with Crippen LogP contribution < -0.4 is 16.1 Å². The number of hydrazine groups is 1. The van der Waals surface area contributed by atoms with Crippen LogP contribution in [0.2, 0.25) is 0 Å². The van der Waals surface area contributed by atoms with E-state index in [9.17, 15) is 24.6 Å². The molecule has 0 spiro atoms. The minimum atomic E-state index is -1.89. The van der Waals surface area contributed by atoms with E-state index in [1.54, 1.807) is 5.01 Å². The van der Waals surface area contributed by atoms with E-state index in [4.69, 9.17) is 4.74 Å². The van der Waals surface area contributed by atoms with Crippen LogP contribution in [-0.2, 0) is 33.7 Å². The molecule has 0 saturated carbocycles. The average molecular weight is 696 g/mol. The highest BCUT2D eigenvalue weighted by atomic mass is 79.9. The summed E-state index contributed by atoms with van der Waals surface area (Å²) in [6.45, 7) is 5.81. The lowest BCUT2D eigenvalue weighted by Crippen LogP contribution is -2.58. The summed E-state index contributed by atoms with van der Waals surface area (Å²) >= 11 is 3.45. The smallest absolute Gasteiger partial charge is 0.407 e. The van der Waals surface area contributed by atoms with E-state index in [-0.39, 0.29) is 25.9 Å². The van der Waals surface area contributed by atoms with E-state index in [1.165, 1.54) is 7.11 Å². The summed E-state index contributed by atoms with van der Waals surface area (Å²) in [5, 5.41) is 30.1. The molecular formula is C35H43BrN4O6.